The maximum atomic E-state index is 12.8. The van der Waals surface area contributed by atoms with E-state index in [1.165, 1.54) is 30.4 Å². The van der Waals surface area contributed by atoms with Crippen LogP contribution in [0.2, 0.25) is 0 Å². The van der Waals surface area contributed by atoms with Gasteiger partial charge in [0.05, 0.1) is 12.3 Å². The summed E-state index contributed by atoms with van der Waals surface area (Å²) in [6.07, 6.45) is -1.34. The third-order valence-electron chi connectivity index (χ3n) is 6.99. The van der Waals surface area contributed by atoms with Crippen LogP contribution < -0.4 is 20.1 Å². The van der Waals surface area contributed by atoms with E-state index < -0.39 is 35.9 Å². The lowest BCUT2D eigenvalue weighted by atomic mass is 9.91. The second-order valence-electron chi connectivity index (χ2n) is 11.6. The molecule has 0 unspecified atom stereocenters. The summed E-state index contributed by atoms with van der Waals surface area (Å²) in [4.78, 5) is 61.5. The highest BCUT2D eigenvalue weighted by Gasteiger charge is 2.39. The van der Waals surface area contributed by atoms with Crippen molar-refractivity contribution >= 4 is 35.1 Å². The normalized spacial score (nSPS) is 21.7. The number of rotatable bonds is 15. The average molecular weight is 620 g/mol. The van der Waals surface area contributed by atoms with Crippen LogP contribution >= 0.6 is 0 Å². The highest BCUT2D eigenvalue weighted by Crippen LogP contribution is 2.32. The number of ether oxygens (including phenoxy) is 3. The minimum absolute atomic E-state index is 0.0497. The van der Waals surface area contributed by atoms with Crippen molar-refractivity contribution in [2.24, 2.45) is 5.41 Å². The van der Waals surface area contributed by atoms with Gasteiger partial charge in [-0.3, -0.25) is 28.9 Å². The molecule has 2 aliphatic rings. The molecule has 242 valence electrons. The summed E-state index contributed by atoms with van der Waals surface area (Å²) in [7, 11) is 0. The van der Waals surface area contributed by atoms with Gasteiger partial charge in [0.1, 0.15) is 36.4 Å². The molecule has 0 saturated carbocycles. The van der Waals surface area contributed by atoms with Crippen LogP contribution in [0.5, 0.6) is 11.5 Å². The van der Waals surface area contributed by atoms with Gasteiger partial charge in [-0.15, -0.1) is 0 Å². The number of aliphatic hydroxyl groups is 3. The van der Waals surface area contributed by atoms with Crippen molar-refractivity contribution in [1.82, 2.24) is 10.2 Å². The Balaban J connectivity index is 1.51. The zero-order chi connectivity index (χ0) is 32.4. The smallest absolute Gasteiger partial charge is 0.253 e. The van der Waals surface area contributed by atoms with E-state index in [4.69, 9.17) is 14.2 Å². The molecule has 0 spiro atoms. The van der Waals surface area contributed by atoms with E-state index in [0.717, 1.165) is 4.90 Å². The molecule has 1 aromatic rings. The molecule has 0 aromatic heterocycles. The van der Waals surface area contributed by atoms with Crippen molar-refractivity contribution in [2.75, 3.05) is 31.6 Å². The first-order chi connectivity index (χ1) is 20.8. The lowest BCUT2D eigenvalue weighted by molar-refractivity contribution is -0.241. The number of carbonyl (C=O) groups is 5. The Bertz CT molecular complexity index is 1230. The molecule has 1 fully saturated rings. The van der Waals surface area contributed by atoms with Gasteiger partial charge in [0.15, 0.2) is 5.78 Å². The number of hydrogen-bond donors (Lipinski definition) is 5. The zero-order valence-corrected chi connectivity index (χ0v) is 25.1. The molecule has 1 aromatic carbocycles. The third kappa shape index (κ3) is 10.1. The number of nitrogens with zero attached hydrogens (tertiary/aromatic N) is 1. The Labute approximate surface area is 255 Å². The SMILES string of the molecule is CC(C)(C)C(=O)COc1ccc(O[C@@H]2OC[C@H](O)[C@H](O)[C@H]2O)c(NC(=O)CCNC(=O)CCCCCN2C(=O)C=CC2=O)c1. The monoisotopic (exact) mass is 619 g/mol. The Kier molecular flexibility index (Phi) is 12.4. The van der Waals surface area contributed by atoms with E-state index in [1.54, 1.807) is 20.8 Å². The predicted octanol–water partition coefficient (Wildman–Crippen LogP) is 0.429. The van der Waals surface area contributed by atoms with Crippen LogP contribution in [0.3, 0.4) is 0 Å². The summed E-state index contributed by atoms with van der Waals surface area (Å²) in [5.41, 5.74) is -0.486. The van der Waals surface area contributed by atoms with Crippen molar-refractivity contribution in [3.63, 3.8) is 0 Å². The largest absolute Gasteiger partial charge is 0.486 e. The second-order valence-corrected chi connectivity index (χ2v) is 11.6. The Morgan fingerprint density at radius 2 is 1.68 bits per heavy atom. The van der Waals surface area contributed by atoms with Crippen molar-refractivity contribution in [1.29, 1.82) is 0 Å². The average Bonchev–Trinajstić information content (AvgIpc) is 3.28. The number of ketones is 1. The van der Waals surface area contributed by atoms with E-state index in [9.17, 15) is 39.3 Å². The molecule has 44 heavy (non-hydrogen) atoms. The van der Waals surface area contributed by atoms with E-state index in [2.05, 4.69) is 10.6 Å². The van der Waals surface area contributed by atoms with Crippen LogP contribution in [0.15, 0.2) is 30.4 Å². The second kappa shape index (κ2) is 15.7. The van der Waals surface area contributed by atoms with Crippen LogP contribution in [-0.4, -0.2) is 101 Å². The summed E-state index contributed by atoms with van der Waals surface area (Å²) in [5, 5.41) is 35.3. The fourth-order valence-electron chi connectivity index (χ4n) is 4.17. The minimum Gasteiger partial charge on any atom is -0.486 e. The van der Waals surface area contributed by atoms with Crippen molar-refractivity contribution < 1.29 is 53.5 Å². The van der Waals surface area contributed by atoms with E-state index in [0.29, 0.717) is 25.8 Å². The molecular formula is C30H41N3O11. The summed E-state index contributed by atoms with van der Waals surface area (Å²) in [6.45, 7) is 5.15. The number of amides is 4. The summed E-state index contributed by atoms with van der Waals surface area (Å²) >= 11 is 0. The van der Waals surface area contributed by atoms with E-state index >= 15 is 0 Å². The molecule has 4 atom stereocenters. The Morgan fingerprint density at radius 3 is 2.36 bits per heavy atom. The van der Waals surface area contributed by atoms with Crippen molar-refractivity contribution in [3.05, 3.63) is 30.4 Å². The topological polar surface area (TPSA) is 201 Å². The number of aliphatic hydroxyl groups excluding tert-OH is 3. The number of Topliss-reactive ketones (excluding diaryl/α,β-unsaturated/α-hetero) is 1. The molecule has 4 amide bonds. The van der Waals surface area contributed by atoms with Gasteiger partial charge < -0.3 is 40.2 Å². The van der Waals surface area contributed by atoms with Gasteiger partial charge in [-0.2, -0.15) is 0 Å². The zero-order valence-electron chi connectivity index (χ0n) is 25.1. The van der Waals surface area contributed by atoms with Gasteiger partial charge in [-0.25, -0.2) is 0 Å². The minimum atomic E-state index is -1.57. The van der Waals surface area contributed by atoms with E-state index in [1.807, 2.05) is 0 Å². The summed E-state index contributed by atoms with van der Waals surface area (Å²) in [5.74, 6) is -1.21. The lowest BCUT2D eigenvalue weighted by Crippen LogP contribution is -2.54. The van der Waals surface area contributed by atoms with Gasteiger partial charge in [-0.1, -0.05) is 27.2 Å². The molecule has 0 bridgehead atoms. The molecule has 14 heteroatoms. The molecule has 5 N–H and O–H groups in total. The molecule has 3 rings (SSSR count). The molecule has 1 saturated heterocycles. The molecular weight excluding hydrogens is 578 g/mol. The van der Waals surface area contributed by atoms with Gasteiger partial charge >= 0.3 is 0 Å². The molecule has 0 aliphatic carbocycles. The fraction of sp³-hybridized carbons (Fsp3) is 0.567. The molecule has 2 aliphatic heterocycles. The number of anilines is 1. The first-order valence-electron chi connectivity index (χ1n) is 14.5. The first kappa shape index (κ1) is 34.6. The fourth-order valence-corrected chi connectivity index (χ4v) is 4.17. The summed E-state index contributed by atoms with van der Waals surface area (Å²) < 4.78 is 16.6. The quantitative estimate of drug-likeness (QED) is 0.135. The number of carbonyl (C=O) groups excluding carboxylic acids is 5. The van der Waals surface area contributed by atoms with Gasteiger partial charge in [0.25, 0.3) is 11.8 Å². The van der Waals surface area contributed by atoms with Gasteiger partial charge in [-0.05, 0) is 25.0 Å². The summed E-state index contributed by atoms with van der Waals surface area (Å²) in [6, 6.07) is 4.37. The van der Waals surface area contributed by atoms with E-state index in [-0.39, 0.29) is 73.3 Å². The first-order valence-corrected chi connectivity index (χ1v) is 14.5. The maximum Gasteiger partial charge on any atom is 0.253 e. The van der Waals surface area contributed by atoms with Crippen molar-refractivity contribution in [3.8, 4) is 11.5 Å². The standard InChI is InChI=1S/C30H41N3O11/c1-30(2,3)22(35)17-42-18-8-9-21(44-29-28(41)27(40)20(34)16-43-29)19(15-18)32-24(37)12-13-31-23(36)7-5-4-6-14-33-25(38)10-11-26(33)39/h8-11,15,20,27-29,34,40-41H,4-7,12-14,16-17H2,1-3H3,(H,31,36)(H,32,37)/t20-,27-,28+,29-/m0/s1. The maximum absolute atomic E-state index is 12.8. The van der Waals surface area contributed by atoms with Crippen LogP contribution in [0, 0.1) is 5.41 Å². The van der Waals surface area contributed by atoms with Gasteiger partial charge in [0.2, 0.25) is 18.1 Å². The number of hydrogen-bond acceptors (Lipinski definition) is 11. The predicted molar refractivity (Wildman–Crippen MR) is 155 cm³/mol. The highest BCUT2D eigenvalue weighted by molar-refractivity contribution is 6.12. The Hall–Kier alpha value is -3.85. The van der Waals surface area contributed by atoms with Gasteiger partial charge in [0, 0.05) is 49.6 Å². The third-order valence-corrected chi connectivity index (χ3v) is 6.99. The highest BCUT2D eigenvalue weighted by atomic mass is 16.7. The molecule has 14 nitrogen and oxygen atoms in total. The number of nitrogens with one attached hydrogen (secondary N) is 2. The number of benzene rings is 1. The van der Waals surface area contributed by atoms with Crippen molar-refractivity contribution in [2.45, 2.75) is 77.5 Å². The van der Waals surface area contributed by atoms with Crippen LogP contribution in [0.25, 0.3) is 0 Å². The molecule has 0 radical (unpaired) electrons. The number of imide groups is 1. The van der Waals surface area contributed by atoms with Crippen LogP contribution in [0.1, 0.15) is 52.9 Å². The van der Waals surface area contributed by atoms with Crippen LogP contribution in [0.4, 0.5) is 5.69 Å². The molecule has 2 heterocycles. The van der Waals surface area contributed by atoms with Crippen LogP contribution in [-0.2, 0) is 28.7 Å². The number of unbranched alkanes of at least 4 members (excludes halogenated alkanes) is 2. The Morgan fingerprint density at radius 1 is 0.977 bits per heavy atom. The lowest BCUT2D eigenvalue weighted by Gasteiger charge is -2.35.